The number of rotatable bonds is 7. The molecule has 186 valence electrons. The van der Waals surface area contributed by atoms with E-state index in [1.54, 1.807) is 9.13 Å². The molecule has 0 unspecified atom stereocenters. The quantitative estimate of drug-likeness (QED) is 0.114. The van der Waals surface area contributed by atoms with Gasteiger partial charge in [0.15, 0.2) is 0 Å². The SMILES string of the molecule is O=S(=O)(O)n1cc[n+](CCCC[n+]2ccn(S(=O)(=O)O)c2)c1.O=S(=O)([O-])O.O=S(=O)([O-])O. The molecule has 2 heterocycles. The van der Waals surface area contributed by atoms with E-state index in [0.717, 1.165) is 0 Å². The van der Waals surface area contributed by atoms with Crippen molar-refractivity contribution in [1.29, 1.82) is 0 Å². The second-order valence-electron chi connectivity index (χ2n) is 5.48. The summed E-state index contributed by atoms with van der Waals surface area (Å²) in [7, 11) is -18.4. The second kappa shape index (κ2) is 11.7. The van der Waals surface area contributed by atoms with E-state index in [0.29, 0.717) is 33.9 Å². The zero-order valence-electron chi connectivity index (χ0n) is 15.6. The summed E-state index contributed by atoms with van der Waals surface area (Å²) in [6.07, 6.45) is 9.46. The summed E-state index contributed by atoms with van der Waals surface area (Å²) in [5.41, 5.74) is 0. The molecule has 0 atom stereocenters. The van der Waals surface area contributed by atoms with E-state index >= 15 is 0 Å². The minimum atomic E-state index is -4.92. The first-order valence-corrected chi connectivity index (χ1v) is 13.2. The van der Waals surface area contributed by atoms with Crippen LogP contribution in [0.5, 0.6) is 0 Å². The van der Waals surface area contributed by atoms with E-state index in [4.69, 9.17) is 44.2 Å². The number of unbranched alkanes of at least 4 members (excludes halogenated alkanes) is 1. The Hall–Kier alpha value is -2.02. The number of imidazole rings is 2. The summed E-state index contributed by atoms with van der Waals surface area (Å²) in [4.78, 5) is 0. The molecule has 0 aromatic carbocycles. The van der Waals surface area contributed by atoms with E-state index in [-0.39, 0.29) is 0 Å². The van der Waals surface area contributed by atoms with Gasteiger partial charge in [0.05, 0.1) is 13.1 Å². The fourth-order valence-electron chi connectivity index (χ4n) is 1.88. The largest absolute Gasteiger partial charge is 0.726 e. The fraction of sp³-hybridized carbons (Fsp3) is 0.400. The molecule has 0 spiro atoms. The zero-order chi connectivity index (χ0) is 25.4. The Morgan fingerprint density at radius 1 is 0.625 bits per heavy atom. The molecule has 0 saturated heterocycles. The normalized spacial score (nSPS) is 12.3. The van der Waals surface area contributed by atoms with E-state index < -0.39 is 41.4 Å². The van der Waals surface area contributed by atoms with Crippen LogP contribution in [0, 0.1) is 0 Å². The summed E-state index contributed by atoms with van der Waals surface area (Å²) in [5, 5.41) is 0. The highest BCUT2D eigenvalue weighted by Crippen LogP contribution is 1.95. The van der Waals surface area contributed by atoms with Crippen molar-refractivity contribution in [3.05, 3.63) is 37.4 Å². The van der Waals surface area contributed by atoms with Gasteiger partial charge in [-0.1, -0.05) is 0 Å². The standard InChI is InChI=1S/C10H14N4O6S2.2H2O4S/c15-21(16,17)13-7-5-11(9-13)3-1-2-4-12-6-8-14(10-12)22(18,19)20;2*1-5(2,3)4/h5-10H,1-4H2;2*(H2,1,2,3,4). The van der Waals surface area contributed by atoms with Crippen LogP contribution in [0.1, 0.15) is 12.8 Å². The van der Waals surface area contributed by atoms with Crippen LogP contribution in [0.15, 0.2) is 37.4 Å². The second-order valence-corrected chi connectivity index (χ2v) is 9.83. The first kappa shape index (κ1) is 30.0. The Balaban J connectivity index is 0.000000805. The molecule has 0 fully saturated rings. The molecule has 0 aliphatic rings. The smallest absolute Gasteiger partial charge is 0.439 e. The van der Waals surface area contributed by atoms with Gasteiger partial charge in [-0.05, 0) is 12.8 Å². The van der Waals surface area contributed by atoms with Crippen molar-refractivity contribution in [3.8, 4) is 0 Å². The summed E-state index contributed by atoms with van der Waals surface area (Å²) in [5.74, 6) is 0. The van der Waals surface area contributed by atoms with Crippen LogP contribution < -0.4 is 9.13 Å². The third kappa shape index (κ3) is 16.6. The molecule has 18 nitrogen and oxygen atoms in total. The van der Waals surface area contributed by atoms with Crippen LogP contribution in [0.25, 0.3) is 0 Å². The molecule has 22 heteroatoms. The summed E-state index contributed by atoms with van der Waals surface area (Å²) < 4.78 is 131. The molecule has 0 saturated carbocycles. The predicted molar refractivity (Wildman–Crippen MR) is 97.0 cm³/mol. The molecule has 0 bridgehead atoms. The van der Waals surface area contributed by atoms with Crippen LogP contribution >= 0.6 is 0 Å². The minimum Gasteiger partial charge on any atom is -0.726 e. The minimum absolute atomic E-state index is 0.544. The van der Waals surface area contributed by atoms with Crippen LogP contribution in [0.3, 0.4) is 0 Å². The van der Waals surface area contributed by atoms with Crippen LogP contribution in [-0.4, -0.2) is 68.9 Å². The topological polar surface area (TPSA) is 281 Å². The highest BCUT2D eigenvalue weighted by Gasteiger charge is 2.16. The number of hydrogen-bond acceptors (Lipinski definition) is 10. The average Bonchev–Trinajstić information content (AvgIpc) is 3.17. The van der Waals surface area contributed by atoms with Crippen molar-refractivity contribution in [2.45, 2.75) is 25.9 Å². The van der Waals surface area contributed by atoms with Crippen molar-refractivity contribution in [2.75, 3.05) is 0 Å². The third-order valence-corrected chi connectivity index (χ3v) is 4.45. The van der Waals surface area contributed by atoms with E-state index in [2.05, 4.69) is 0 Å². The maximum atomic E-state index is 10.9. The molecule has 0 aliphatic carbocycles. The van der Waals surface area contributed by atoms with Gasteiger partial charge in [-0.3, -0.25) is 18.2 Å². The fourth-order valence-corrected chi connectivity index (χ4v) is 2.77. The number of aromatic nitrogens is 4. The maximum absolute atomic E-state index is 10.9. The highest BCUT2D eigenvalue weighted by molar-refractivity contribution is 7.84. The monoisotopic (exact) mass is 546 g/mol. The van der Waals surface area contributed by atoms with Gasteiger partial charge in [-0.15, -0.1) is 7.94 Å². The zero-order valence-corrected chi connectivity index (χ0v) is 18.9. The molecule has 0 aliphatic heterocycles. The van der Waals surface area contributed by atoms with Crippen LogP contribution in [-0.2, 0) is 54.5 Å². The van der Waals surface area contributed by atoms with Crippen LogP contribution in [0.2, 0.25) is 0 Å². The van der Waals surface area contributed by atoms with Gasteiger partial charge >= 0.3 is 20.6 Å². The van der Waals surface area contributed by atoms with Gasteiger partial charge in [0.25, 0.3) is 12.7 Å². The molecule has 4 N–H and O–H groups in total. The summed E-state index contributed by atoms with van der Waals surface area (Å²) in [6, 6.07) is 0. The highest BCUT2D eigenvalue weighted by atomic mass is 32.3. The molecule has 2 aromatic heterocycles. The molecule has 0 amide bonds. The number of hydrogen-bond donors (Lipinski definition) is 4. The molecule has 2 aromatic rings. The molecule has 0 radical (unpaired) electrons. The van der Waals surface area contributed by atoms with Gasteiger partial charge in [0, 0.05) is 0 Å². The maximum Gasteiger partial charge on any atom is 0.439 e. The predicted octanol–water partition coefficient (Wildman–Crippen LogP) is -3.34. The Labute approximate surface area is 182 Å². The van der Waals surface area contributed by atoms with Gasteiger partial charge in [-0.2, -0.15) is 16.8 Å². The Kier molecular flexibility index (Phi) is 11.0. The molecular formula is C10H18N4O14S4. The average molecular weight is 547 g/mol. The van der Waals surface area contributed by atoms with Crippen molar-refractivity contribution >= 4 is 41.4 Å². The molecule has 32 heavy (non-hydrogen) atoms. The third-order valence-electron chi connectivity index (χ3n) is 2.95. The van der Waals surface area contributed by atoms with E-state index in [1.807, 2.05) is 0 Å². The first-order valence-electron chi connectivity index (χ1n) is 7.63. The van der Waals surface area contributed by atoms with E-state index in [9.17, 15) is 16.8 Å². The Morgan fingerprint density at radius 3 is 1.06 bits per heavy atom. The van der Waals surface area contributed by atoms with Gasteiger partial charge < -0.3 is 9.11 Å². The lowest BCUT2D eigenvalue weighted by molar-refractivity contribution is -0.707. The Bertz CT molecular complexity index is 1170. The van der Waals surface area contributed by atoms with Crippen molar-refractivity contribution in [3.63, 3.8) is 0 Å². The Morgan fingerprint density at radius 2 is 0.875 bits per heavy atom. The van der Waals surface area contributed by atoms with Crippen molar-refractivity contribution in [2.24, 2.45) is 0 Å². The number of nitrogens with zero attached hydrogens (tertiary/aromatic N) is 4. The first-order chi connectivity index (χ1) is 14.2. The van der Waals surface area contributed by atoms with Crippen LogP contribution in [0.4, 0.5) is 0 Å². The van der Waals surface area contributed by atoms with Gasteiger partial charge in [0.2, 0.25) is 20.8 Å². The van der Waals surface area contributed by atoms with Gasteiger partial charge in [0.1, 0.15) is 24.8 Å². The molecule has 2 rings (SSSR count). The lowest BCUT2D eigenvalue weighted by atomic mass is 10.3. The lowest BCUT2D eigenvalue weighted by Crippen LogP contribution is -2.34. The molecular weight excluding hydrogens is 528 g/mol. The lowest BCUT2D eigenvalue weighted by Gasteiger charge is -1.96. The van der Waals surface area contributed by atoms with Crippen molar-refractivity contribution in [1.82, 2.24) is 7.94 Å². The van der Waals surface area contributed by atoms with Crippen molar-refractivity contribution < 1.29 is 70.1 Å². The summed E-state index contributed by atoms with van der Waals surface area (Å²) >= 11 is 0. The van der Waals surface area contributed by atoms with E-state index in [1.165, 1.54) is 37.4 Å². The summed E-state index contributed by atoms with van der Waals surface area (Å²) in [6.45, 7) is 1.09. The van der Waals surface area contributed by atoms with Gasteiger partial charge in [-0.25, -0.2) is 26.0 Å². The number of aryl methyl sites for hydroxylation is 2.